The van der Waals surface area contributed by atoms with Crippen molar-refractivity contribution in [2.45, 2.75) is 12.3 Å². The van der Waals surface area contributed by atoms with Crippen molar-refractivity contribution in [2.75, 3.05) is 6.54 Å². The smallest absolute Gasteiger partial charge is 0.277 e. The van der Waals surface area contributed by atoms with Crippen molar-refractivity contribution in [2.24, 2.45) is 5.73 Å². The van der Waals surface area contributed by atoms with Crippen molar-refractivity contribution in [3.8, 4) is 0 Å². The Morgan fingerprint density at radius 1 is 1.44 bits per heavy atom. The van der Waals surface area contributed by atoms with Gasteiger partial charge in [-0.15, -0.1) is 0 Å². The van der Waals surface area contributed by atoms with E-state index < -0.39 is 34.3 Å². The summed E-state index contributed by atoms with van der Waals surface area (Å²) in [4.78, 5) is 9.50. The Balaban J connectivity index is 3.21. The first kappa shape index (κ1) is 12.4. The van der Waals surface area contributed by atoms with Gasteiger partial charge in [-0.1, -0.05) is 0 Å². The lowest BCUT2D eigenvalue weighted by Gasteiger charge is -2.15. The van der Waals surface area contributed by atoms with Crippen LogP contribution >= 0.6 is 0 Å². The van der Waals surface area contributed by atoms with Crippen molar-refractivity contribution in [1.82, 2.24) is 0 Å². The lowest BCUT2D eigenvalue weighted by molar-refractivity contribution is -0.385. The molecule has 88 valence electrons. The topological polar surface area (TPSA) is 69.2 Å². The van der Waals surface area contributed by atoms with Gasteiger partial charge in [-0.25, -0.2) is 13.2 Å². The number of benzene rings is 1. The van der Waals surface area contributed by atoms with E-state index in [-0.39, 0.29) is 6.54 Å². The van der Waals surface area contributed by atoms with E-state index in [1.54, 1.807) is 0 Å². The number of nitrogens with two attached hydrogens (primary N) is 1. The van der Waals surface area contributed by atoms with Gasteiger partial charge in [0.05, 0.1) is 10.5 Å². The fourth-order valence-electron chi connectivity index (χ4n) is 1.22. The first-order valence-electron chi connectivity index (χ1n) is 4.41. The van der Waals surface area contributed by atoms with E-state index in [0.29, 0.717) is 12.1 Å². The molecule has 0 fully saturated rings. The molecule has 2 N–H and O–H groups in total. The zero-order chi connectivity index (χ0) is 12.3. The summed E-state index contributed by atoms with van der Waals surface area (Å²) in [6.07, 6.45) is -0.759. The molecule has 4 nitrogen and oxygen atoms in total. The van der Waals surface area contributed by atoms with E-state index in [4.69, 9.17) is 5.73 Å². The van der Waals surface area contributed by atoms with Crippen LogP contribution in [0.15, 0.2) is 18.2 Å². The number of alkyl halides is 2. The van der Waals surface area contributed by atoms with Crippen LogP contribution in [-0.2, 0) is 5.92 Å². The van der Waals surface area contributed by atoms with Gasteiger partial charge in [0.2, 0.25) is 0 Å². The minimum absolute atomic E-state index is 0.338. The van der Waals surface area contributed by atoms with E-state index >= 15 is 0 Å². The molecule has 7 heteroatoms. The van der Waals surface area contributed by atoms with Crippen LogP contribution < -0.4 is 5.73 Å². The zero-order valence-corrected chi connectivity index (χ0v) is 8.12. The molecule has 0 spiro atoms. The Hall–Kier alpha value is -1.63. The predicted molar refractivity (Wildman–Crippen MR) is 50.6 cm³/mol. The van der Waals surface area contributed by atoms with Crippen LogP contribution in [0.4, 0.5) is 18.9 Å². The first-order valence-corrected chi connectivity index (χ1v) is 4.41. The van der Waals surface area contributed by atoms with Gasteiger partial charge in [0, 0.05) is 18.6 Å². The van der Waals surface area contributed by atoms with Gasteiger partial charge in [-0.05, 0) is 12.6 Å². The molecule has 0 aliphatic rings. The summed E-state index contributed by atoms with van der Waals surface area (Å²) in [5, 5.41) is 10.4. The number of nitrogens with zero attached hydrogens (tertiary/aromatic N) is 1. The number of hydrogen-bond acceptors (Lipinski definition) is 3. The molecule has 0 saturated carbocycles. The molecule has 0 radical (unpaired) electrons. The molecule has 0 aliphatic heterocycles. The highest BCUT2D eigenvalue weighted by molar-refractivity contribution is 5.37. The van der Waals surface area contributed by atoms with Crippen LogP contribution in [-0.4, -0.2) is 11.5 Å². The van der Waals surface area contributed by atoms with Crippen LogP contribution in [0.1, 0.15) is 12.0 Å². The van der Waals surface area contributed by atoms with Gasteiger partial charge in [-0.2, -0.15) is 0 Å². The maximum atomic E-state index is 13.3. The molecule has 0 aliphatic carbocycles. The molecule has 0 unspecified atom stereocenters. The lowest BCUT2D eigenvalue weighted by atomic mass is 10.0. The van der Waals surface area contributed by atoms with Crippen molar-refractivity contribution in [3.63, 3.8) is 0 Å². The van der Waals surface area contributed by atoms with E-state index in [1.807, 2.05) is 0 Å². The van der Waals surface area contributed by atoms with Crippen LogP contribution in [0.5, 0.6) is 0 Å². The number of non-ortho nitro benzene ring substituents is 1. The Bertz CT molecular complexity index is 410. The highest BCUT2D eigenvalue weighted by atomic mass is 19.3. The molecule has 1 aromatic rings. The molecule has 0 bridgehead atoms. The van der Waals surface area contributed by atoms with Crippen molar-refractivity contribution < 1.29 is 18.1 Å². The van der Waals surface area contributed by atoms with Crippen LogP contribution in [0.3, 0.4) is 0 Å². The van der Waals surface area contributed by atoms with E-state index in [1.165, 1.54) is 0 Å². The van der Waals surface area contributed by atoms with Crippen molar-refractivity contribution >= 4 is 5.69 Å². The molecule has 16 heavy (non-hydrogen) atoms. The highest BCUT2D eigenvalue weighted by Gasteiger charge is 2.34. The molecular formula is C9H9F3N2O2. The molecule has 0 atom stereocenters. The van der Waals surface area contributed by atoms with Gasteiger partial charge in [-0.3, -0.25) is 10.1 Å². The molecule has 0 heterocycles. The summed E-state index contributed by atoms with van der Waals surface area (Å²) in [6, 6.07) is 2.01. The van der Waals surface area contributed by atoms with Crippen molar-refractivity contribution in [1.29, 1.82) is 0 Å². The fraction of sp³-hybridized carbons (Fsp3) is 0.333. The predicted octanol–water partition coefficient (Wildman–Crippen LogP) is 2.17. The third-order valence-electron chi connectivity index (χ3n) is 2.01. The van der Waals surface area contributed by atoms with E-state index in [0.717, 1.165) is 6.07 Å². The summed E-state index contributed by atoms with van der Waals surface area (Å²) in [5.74, 6) is -4.67. The Morgan fingerprint density at radius 3 is 2.56 bits per heavy atom. The molecule has 0 amide bonds. The maximum absolute atomic E-state index is 13.3. The Kier molecular flexibility index (Phi) is 3.48. The Morgan fingerprint density at radius 2 is 2.06 bits per heavy atom. The average molecular weight is 234 g/mol. The third kappa shape index (κ3) is 2.48. The number of nitro benzene ring substituents is 1. The standard InChI is InChI=1S/C9H9F3N2O2/c10-8-2-1-6(14(15)16)5-7(8)9(11,12)3-4-13/h1-2,5H,3-4,13H2. The van der Waals surface area contributed by atoms with Crippen LogP contribution in [0, 0.1) is 15.9 Å². The number of rotatable bonds is 4. The van der Waals surface area contributed by atoms with Crippen molar-refractivity contribution in [3.05, 3.63) is 39.7 Å². The largest absolute Gasteiger partial charge is 0.330 e. The lowest BCUT2D eigenvalue weighted by Crippen LogP contribution is -2.20. The van der Waals surface area contributed by atoms with Gasteiger partial charge in [0.15, 0.2) is 0 Å². The number of nitro groups is 1. The first-order chi connectivity index (χ1) is 7.38. The maximum Gasteiger partial charge on any atom is 0.277 e. The van der Waals surface area contributed by atoms with Gasteiger partial charge in [0.1, 0.15) is 5.82 Å². The molecule has 0 saturated heterocycles. The van der Waals surface area contributed by atoms with Crippen LogP contribution in [0.2, 0.25) is 0 Å². The SMILES string of the molecule is NCCC(F)(F)c1cc([N+](=O)[O-])ccc1F. The minimum atomic E-state index is -3.50. The molecular weight excluding hydrogens is 225 g/mol. The highest BCUT2D eigenvalue weighted by Crippen LogP contribution is 2.34. The fourth-order valence-corrected chi connectivity index (χ4v) is 1.22. The quantitative estimate of drug-likeness (QED) is 0.641. The summed E-state index contributed by atoms with van der Waals surface area (Å²) < 4.78 is 39.7. The Labute approximate surface area is 89.0 Å². The monoisotopic (exact) mass is 234 g/mol. The molecule has 0 aromatic heterocycles. The molecule has 1 aromatic carbocycles. The zero-order valence-electron chi connectivity index (χ0n) is 8.12. The number of halogens is 3. The van der Waals surface area contributed by atoms with E-state index in [2.05, 4.69) is 0 Å². The van der Waals surface area contributed by atoms with Gasteiger partial charge in [0.25, 0.3) is 11.6 Å². The minimum Gasteiger partial charge on any atom is -0.330 e. The second kappa shape index (κ2) is 4.48. The summed E-state index contributed by atoms with van der Waals surface area (Å²) in [6.45, 7) is -0.338. The van der Waals surface area contributed by atoms with Crippen LogP contribution in [0.25, 0.3) is 0 Å². The summed E-state index contributed by atoms with van der Waals surface area (Å²) >= 11 is 0. The summed E-state index contributed by atoms with van der Waals surface area (Å²) in [7, 11) is 0. The van der Waals surface area contributed by atoms with E-state index in [9.17, 15) is 23.3 Å². The van der Waals surface area contributed by atoms with Gasteiger partial charge < -0.3 is 5.73 Å². The molecule has 1 rings (SSSR count). The van der Waals surface area contributed by atoms with Gasteiger partial charge >= 0.3 is 0 Å². The third-order valence-corrected chi connectivity index (χ3v) is 2.01. The second-order valence-corrected chi connectivity index (χ2v) is 3.16. The second-order valence-electron chi connectivity index (χ2n) is 3.16. The number of hydrogen-bond donors (Lipinski definition) is 1. The normalized spacial score (nSPS) is 11.5. The summed E-state index contributed by atoms with van der Waals surface area (Å²) in [5.41, 5.74) is 3.39. The average Bonchev–Trinajstić information content (AvgIpc) is 2.17.